The lowest BCUT2D eigenvalue weighted by Gasteiger charge is -2.12. The lowest BCUT2D eigenvalue weighted by molar-refractivity contribution is -0.121. The molecular formula is C24H31N3O2. The van der Waals surface area contributed by atoms with Gasteiger partial charge in [-0.15, -0.1) is 0 Å². The summed E-state index contributed by atoms with van der Waals surface area (Å²) in [6.45, 7) is 8.23. The highest BCUT2D eigenvalue weighted by atomic mass is 16.5. The molecule has 5 nitrogen and oxygen atoms in total. The summed E-state index contributed by atoms with van der Waals surface area (Å²) < 4.78 is 8.24. The number of ether oxygens (including phenoxy) is 1. The van der Waals surface area contributed by atoms with Gasteiger partial charge in [-0.3, -0.25) is 4.79 Å². The summed E-state index contributed by atoms with van der Waals surface area (Å²) in [4.78, 5) is 16.4. The van der Waals surface area contributed by atoms with Crippen molar-refractivity contribution in [2.24, 2.45) is 0 Å². The number of hydrogen-bond acceptors (Lipinski definition) is 3. The molecule has 0 saturated heterocycles. The van der Waals surface area contributed by atoms with E-state index in [1.54, 1.807) is 0 Å². The van der Waals surface area contributed by atoms with Crippen LogP contribution in [0.2, 0.25) is 0 Å². The van der Waals surface area contributed by atoms with Gasteiger partial charge in [0.15, 0.2) is 0 Å². The number of rotatable bonds is 10. The number of benzene rings is 2. The van der Waals surface area contributed by atoms with Gasteiger partial charge in [0.05, 0.1) is 17.6 Å². The molecule has 1 heterocycles. The fraction of sp³-hybridized carbons (Fsp3) is 0.417. The number of imidazole rings is 1. The summed E-state index contributed by atoms with van der Waals surface area (Å²) in [5.41, 5.74) is 4.64. The minimum Gasteiger partial charge on any atom is -0.492 e. The van der Waals surface area contributed by atoms with Crippen LogP contribution in [-0.2, 0) is 17.8 Å². The molecule has 2 aromatic carbocycles. The van der Waals surface area contributed by atoms with E-state index in [0.29, 0.717) is 19.6 Å². The third-order valence-corrected chi connectivity index (χ3v) is 5.17. The van der Waals surface area contributed by atoms with Crippen molar-refractivity contribution >= 4 is 16.9 Å². The third-order valence-electron chi connectivity index (χ3n) is 5.17. The van der Waals surface area contributed by atoms with Gasteiger partial charge in [0.1, 0.15) is 18.2 Å². The molecule has 1 amide bonds. The van der Waals surface area contributed by atoms with Crippen molar-refractivity contribution < 1.29 is 9.53 Å². The number of nitrogens with zero attached hydrogens (tertiary/aromatic N) is 2. The normalized spacial score (nSPS) is 11.0. The van der Waals surface area contributed by atoms with E-state index in [0.717, 1.165) is 48.4 Å². The molecule has 0 aliphatic carbocycles. The Morgan fingerprint density at radius 3 is 2.76 bits per heavy atom. The summed E-state index contributed by atoms with van der Waals surface area (Å²) in [5.74, 6) is 2.07. The van der Waals surface area contributed by atoms with E-state index in [9.17, 15) is 4.79 Å². The summed E-state index contributed by atoms with van der Waals surface area (Å²) in [6, 6.07) is 14.4. The lowest BCUT2D eigenvalue weighted by atomic mass is 10.1. The first-order chi connectivity index (χ1) is 14.1. The second-order valence-corrected chi connectivity index (χ2v) is 7.47. The van der Waals surface area contributed by atoms with Crippen molar-refractivity contribution in [1.82, 2.24) is 14.9 Å². The minimum absolute atomic E-state index is 0.128. The SMILES string of the molecule is CCCC(=O)NCCCc1nc2ccccc2n1CCOc1ccc(C)c(C)c1. The Labute approximate surface area is 173 Å². The van der Waals surface area contributed by atoms with Gasteiger partial charge in [-0.2, -0.15) is 0 Å². The van der Waals surface area contributed by atoms with Crippen LogP contribution in [0, 0.1) is 13.8 Å². The summed E-state index contributed by atoms with van der Waals surface area (Å²) in [6.07, 6.45) is 3.16. The van der Waals surface area contributed by atoms with Gasteiger partial charge >= 0.3 is 0 Å². The Balaban J connectivity index is 1.63. The average molecular weight is 394 g/mol. The van der Waals surface area contributed by atoms with Crippen molar-refractivity contribution in [2.75, 3.05) is 13.2 Å². The van der Waals surface area contributed by atoms with E-state index >= 15 is 0 Å². The molecule has 0 unspecified atom stereocenters. The first-order valence-corrected chi connectivity index (χ1v) is 10.5. The molecule has 0 atom stereocenters. The smallest absolute Gasteiger partial charge is 0.219 e. The van der Waals surface area contributed by atoms with Crippen LogP contribution in [0.1, 0.15) is 43.1 Å². The number of carbonyl (C=O) groups excluding carboxylic acids is 1. The highest BCUT2D eigenvalue weighted by Crippen LogP contribution is 2.19. The molecule has 29 heavy (non-hydrogen) atoms. The molecule has 0 fully saturated rings. The number of aryl methyl sites for hydroxylation is 3. The van der Waals surface area contributed by atoms with Crippen LogP contribution in [0.25, 0.3) is 11.0 Å². The molecule has 5 heteroatoms. The van der Waals surface area contributed by atoms with Gasteiger partial charge < -0.3 is 14.6 Å². The van der Waals surface area contributed by atoms with Crippen LogP contribution >= 0.6 is 0 Å². The van der Waals surface area contributed by atoms with E-state index in [1.807, 2.05) is 31.2 Å². The maximum Gasteiger partial charge on any atom is 0.219 e. The van der Waals surface area contributed by atoms with Gasteiger partial charge in [-0.05, 0) is 62.1 Å². The van der Waals surface area contributed by atoms with Gasteiger partial charge in [0, 0.05) is 19.4 Å². The highest BCUT2D eigenvalue weighted by molar-refractivity contribution is 5.76. The van der Waals surface area contributed by atoms with Crippen molar-refractivity contribution in [1.29, 1.82) is 0 Å². The lowest BCUT2D eigenvalue weighted by Crippen LogP contribution is -2.24. The summed E-state index contributed by atoms with van der Waals surface area (Å²) in [5, 5.41) is 2.98. The first kappa shape index (κ1) is 20.9. The number of nitrogens with one attached hydrogen (secondary N) is 1. The number of para-hydroxylation sites is 2. The van der Waals surface area contributed by atoms with E-state index in [2.05, 4.69) is 41.9 Å². The van der Waals surface area contributed by atoms with Gasteiger partial charge in [-0.1, -0.05) is 25.1 Å². The number of fused-ring (bicyclic) bond motifs is 1. The van der Waals surface area contributed by atoms with E-state index in [4.69, 9.17) is 9.72 Å². The highest BCUT2D eigenvalue weighted by Gasteiger charge is 2.11. The predicted octanol–water partition coefficient (Wildman–Crippen LogP) is 4.58. The molecule has 1 N–H and O–H groups in total. The maximum absolute atomic E-state index is 11.6. The third kappa shape index (κ3) is 5.59. The quantitative estimate of drug-likeness (QED) is 0.513. The fourth-order valence-electron chi connectivity index (χ4n) is 3.41. The maximum atomic E-state index is 11.6. The molecule has 0 spiro atoms. The van der Waals surface area contributed by atoms with Crippen LogP contribution in [0.15, 0.2) is 42.5 Å². The van der Waals surface area contributed by atoms with E-state index in [-0.39, 0.29) is 5.91 Å². The molecule has 3 aromatic rings. The zero-order chi connectivity index (χ0) is 20.6. The monoisotopic (exact) mass is 393 g/mol. The van der Waals surface area contributed by atoms with Crippen molar-refractivity contribution in [3.05, 3.63) is 59.4 Å². The fourth-order valence-corrected chi connectivity index (χ4v) is 3.41. The predicted molar refractivity (Wildman–Crippen MR) is 117 cm³/mol. The number of hydrogen-bond donors (Lipinski definition) is 1. The minimum atomic E-state index is 0.128. The zero-order valence-corrected chi connectivity index (χ0v) is 17.7. The van der Waals surface area contributed by atoms with Gasteiger partial charge in [0.25, 0.3) is 0 Å². The van der Waals surface area contributed by atoms with Gasteiger partial charge in [-0.25, -0.2) is 4.98 Å². The average Bonchev–Trinajstić information content (AvgIpc) is 3.06. The van der Waals surface area contributed by atoms with Crippen LogP contribution in [-0.4, -0.2) is 28.6 Å². The van der Waals surface area contributed by atoms with Crippen LogP contribution in [0.5, 0.6) is 5.75 Å². The zero-order valence-electron chi connectivity index (χ0n) is 17.7. The molecule has 0 radical (unpaired) electrons. The molecule has 154 valence electrons. The Kier molecular flexibility index (Phi) is 7.28. The Morgan fingerprint density at radius 2 is 1.97 bits per heavy atom. The number of aromatic nitrogens is 2. The number of carbonyl (C=O) groups is 1. The summed E-state index contributed by atoms with van der Waals surface area (Å²) in [7, 11) is 0. The molecular weight excluding hydrogens is 362 g/mol. The second-order valence-electron chi connectivity index (χ2n) is 7.47. The van der Waals surface area contributed by atoms with Crippen molar-refractivity contribution in [3.8, 4) is 5.75 Å². The molecule has 0 aliphatic heterocycles. The first-order valence-electron chi connectivity index (χ1n) is 10.5. The van der Waals surface area contributed by atoms with Crippen LogP contribution in [0.4, 0.5) is 0 Å². The van der Waals surface area contributed by atoms with E-state index in [1.165, 1.54) is 11.1 Å². The molecule has 3 rings (SSSR count). The molecule has 1 aromatic heterocycles. The summed E-state index contributed by atoms with van der Waals surface area (Å²) >= 11 is 0. The molecule has 0 bridgehead atoms. The second kappa shape index (κ2) is 10.1. The Bertz CT molecular complexity index is 962. The van der Waals surface area contributed by atoms with Gasteiger partial charge in [0.2, 0.25) is 5.91 Å². The number of amides is 1. The Morgan fingerprint density at radius 1 is 1.14 bits per heavy atom. The van der Waals surface area contributed by atoms with Crippen molar-refractivity contribution in [3.63, 3.8) is 0 Å². The standard InChI is InChI=1S/C24H31N3O2/c1-4-8-24(28)25-14-7-11-23-26-21-9-5-6-10-22(21)27(23)15-16-29-20-13-12-18(2)19(3)17-20/h5-6,9-10,12-13,17H,4,7-8,11,14-16H2,1-3H3,(H,25,28). The van der Waals surface area contributed by atoms with Crippen LogP contribution < -0.4 is 10.1 Å². The Hall–Kier alpha value is -2.82. The topological polar surface area (TPSA) is 56.2 Å². The van der Waals surface area contributed by atoms with E-state index < -0.39 is 0 Å². The molecule has 0 aliphatic rings. The largest absolute Gasteiger partial charge is 0.492 e. The van der Waals surface area contributed by atoms with Crippen LogP contribution in [0.3, 0.4) is 0 Å². The van der Waals surface area contributed by atoms with Crippen molar-refractivity contribution in [2.45, 2.75) is 53.0 Å². The molecule has 0 saturated carbocycles.